The number of aryl methyl sites for hydroxylation is 1. The quantitative estimate of drug-likeness (QED) is 0.0962. The van der Waals surface area contributed by atoms with Crippen molar-refractivity contribution in [3.63, 3.8) is 0 Å². The Morgan fingerprint density at radius 1 is 1.05 bits per heavy atom. The Bertz CT molecular complexity index is 1300. The van der Waals surface area contributed by atoms with E-state index in [2.05, 4.69) is 35.6 Å². The molecule has 1 aromatic heterocycles. The Kier molecular flexibility index (Phi) is 15.3. The fraction of sp³-hybridized carbons (Fsp3) is 0.531. The number of nitrogens with two attached hydrogens (primary N) is 2. The van der Waals surface area contributed by atoms with Crippen LogP contribution in [-0.2, 0) is 12.6 Å². The Morgan fingerprint density at radius 3 is 2.36 bits per heavy atom. The van der Waals surface area contributed by atoms with Gasteiger partial charge in [-0.05, 0) is 61.6 Å². The smallest absolute Gasteiger partial charge is 0.419 e. The van der Waals surface area contributed by atoms with Gasteiger partial charge in [0.25, 0.3) is 0 Å². The average molecular weight is 642 g/mol. The molecule has 0 spiro atoms. The van der Waals surface area contributed by atoms with Crippen LogP contribution in [0.25, 0.3) is 11.4 Å². The van der Waals surface area contributed by atoms with E-state index in [-0.39, 0.29) is 29.7 Å². The monoisotopic (exact) mass is 641 g/mol. The lowest BCUT2D eigenvalue weighted by molar-refractivity contribution is -0.139. The summed E-state index contributed by atoms with van der Waals surface area (Å²) in [6, 6.07) is 9.52. The second kappa shape index (κ2) is 18.4. The van der Waals surface area contributed by atoms with Crippen molar-refractivity contribution >= 4 is 17.4 Å². The van der Waals surface area contributed by atoms with Crippen molar-refractivity contribution in [3.05, 3.63) is 53.4 Å². The molecular formula is C32H45ClF3N4O4+. The SMILES string of the molecule is CCC(C)C(N)=[NH2+].CCCCC(C)c1nc(-c2ccc(OCCCc3ccc4c(c3)OCCO4)c(C(F)(F)F)c2)no1.CCl. The van der Waals surface area contributed by atoms with E-state index in [1.165, 1.54) is 18.5 Å². The predicted molar refractivity (Wildman–Crippen MR) is 166 cm³/mol. The van der Waals surface area contributed by atoms with Crippen LogP contribution in [0.5, 0.6) is 17.2 Å². The number of benzene rings is 2. The maximum absolute atomic E-state index is 13.8. The lowest BCUT2D eigenvalue weighted by atomic mass is 10.0. The number of fused-ring (bicyclic) bond motifs is 1. The third-order valence-electron chi connectivity index (χ3n) is 7.05. The second-order valence-electron chi connectivity index (χ2n) is 10.4. The van der Waals surface area contributed by atoms with Gasteiger partial charge in [0.1, 0.15) is 19.0 Å². The largest absolute Gasteiger partial charge is 0.493 e. The second-order valence-corrected chi connectivity index (χ2v) is 10.4. The zero-order chi connectivity index (χ0) is 32.7. The molecule has 0 saturated heterocycles. The van der Waals surface area contributed by atoms with Crippen LogP contribution in [0, 0.1) is 5.92 Å². The van der Waals surface area contributed by atoms with Gasteiger partial charge in [-0.3, -0.25) is 11.1 Å². The van der Waals surface area contributed by atoms with Gasteiger partial charge in [-0.15, -0.1) is 11.6 Å². The molecule has 44 heavy (non-hydrogen) atoms. The molecule has 8 nitrogen and oxygen atoms in total. The van der Waals surface area contributed by atoms with Crippen molar-refractivity contribution in [2.24, 2.45) is 11.7 Å². The highest BCUT2D eigenvalue weighted by Gasteiger charge is 2.35. The molecule has 0 amide bonds. The number of halogens is 4. The van der Waals surface area contributed by atoms with Gasteiger partial charge in [0, 0.05) is 17.9 Å². The molecule has 4 rings (SSSR count). The number of unbranched alkanes of at least 4 members (excludes halogenated alkanes) is 1. The topological polar surface area (TPSA) is 118 Å². The molecule has 0 saturated carbocycles. The Hall–Kier alpha value is -3.47. The van der Waals surface area contributed by atoms with E-state index >= 15 is 0 Å². The molecule has 244 valence electrons. The summed E-state index contributed by atoms with van der Waals surface area (Å²) in [6.07, 6.45) is 2.03. The van der Waals surface area contributed by atoms with E-state index in [9.17, 15) is 13.2 Å². The van der Waals surface area contributed by atoms with Crippen LogP contribution in [0.4, 0.5) is 13.2 Å². The van der Waals surface area contributed by atoms with Gasteiger partial charge in [-0.2, -0.15) is 18.2 Å². The Morgan fingerprint density at radius 2 is 1.75 bits per heavy atom. The van der Waals surface area contributed by atoms with Crippen molar-refractivity contribution in [2.75, 3.05) is 26.2 Å². The van der Waals surface area contributed by atoms with Crippen molar-refractivity contribution in [2.45, 2.75) is 78.3 Å². The third kappa shape index (κ3) is 11.2. The highest BCUT2D eigenvalue weighted by atomic mass is 35.5. The summed E-state index contributed by atoms with van der Waals surface area (Å²) < 4.78 is 63.3. The van der Waals surface area contributed by atoms with E-state index in [0.29, 0.717) is 55.2 Å². The molecule has 2 heterocycles. The predicted octanol–water partition coefficient (Wildman–Crippen LogP) is 6.84. The molecule has 0 radical (unpaired) electrons. The van der Waals surface area contributed by atoms with Gasteiger partial charge in [-0.25, -0.2) is 0 Å². The van der Waals surface area contributed by atoms with Gasteiger partial charge in [0.2, 0.25) is 17.6 Å². The molecule has 2 aromatic carbocycles. The minimum atomic E-state index is -4.58. The fourth-order valence-electron chi connectivity index (χ4n) is 4.14. The number of hydrogen-bond acceptors (Lipinski definition) is 6. The summed E-state index contributed by atoms with van der Waals surface area (Å²) in [5.74, 6) is 2.71. The number of nitrogens with zero attached hydrogens (tertiary/aromatic N) is 2. The molecule has 0 fully saturated rings. The first-order valence-electron chi connectivity index (χ1n) is 14.9. The summed E-state index contributed by atoms with van der Waals surface area (Å²) in [4.78, 5) is 4.32. The van der Waals surface area contributed by atoms with Crippen LogP contribution in [0.15, 0.2) is 40.9 Å². The van der Waals surface area contributed by atoms with Gasteiger partial charge in [0.05, 0.1) is 18.1 Å². The molecule has 1 aliphatic heterocycles. The molecule has 2 unspecified atom stereocenters. The zero-order valence-electron chi connectivity index (χ0n) is 26.2. The van der Waals surface area contributed by atoms with E-state index < -0.39 is 11.7 Å². The summed E-state index contributed by atoms with van der Waals surface area (Å²) in [5, 5.41) is 9.14. The van der Waals surface area contributed by atoms with E-state index in [0.717, 1.165) is 37.3 Å². The van der Waals surface area contributed by atoms with Gasteiger partial charge in [0.15, 0.2) is 11.5 Å². The molecule has 1 aliphatic rings. The summed E-state index contributed by atoms with van der Waals surface area (Å²) in [5.41, 5.74) is 5.62. The molecule has 2 atom stereocenters. The molecule has 4 N–H and O–H groups in total. The highest BCUT2D eigenvalue weighted by Crippen LogP contribution is 2.39. The van der Waals surface area contributed by atoms with Crippen molar-refractivity contribution < 1.29 is 37.3 Å². The van der Waals surface area contributed by atoms with E-state index in [1.54, 1.807) is 0 Å². The van der Waals surface area contributed by atoms with Gasteiger partial charge < -0.3 is 18.7 Å². The first-order chi connectivity index (χ1) is 21.0. The summed E-state index contributed by atoms with van der Waals surface area (Å²) >= 11 is 4.64. The normalized spacial score (nSPS) is 13.5. The number of rotatable bonds is 12. The number of alkyl halides is 4. The number of aromatic nitrogens is 2. The van der Waals surface area contributed by atoms with E-state index in [1.807, 2.05) is 32.0 Å². The Labute approximate surface area is 262 Å². The lowest BCUT2D eigenvalue weighted by Crippen LogP contribution is -2.49. The van der Waals surface area contributed by atoms with Crippen LogP contribution in [-0.4, -0.2) is 42.2 Å². The number of amidine groups is 1. The number of ether oxygens (including phenoxy) is 3. The molecule has 0 bridgehead atoms. The standard InChI is InChI=1S/C26H29F3N2O4.C5H12N2.CH3Cl/c1-3-4-6-17(2)25-30-24(31-35-25)19-9-11-21(20(16-19)26(27,28)29)32-12-5-7-18-8-10-22-23(15-18)34-14-13-33-22;1-3-4(2)5(6)7;1-2/h8-11,15-17H,3-7,12-14H2,1-2H3;4H,3H2,1-2H3,(H3,6,7);1H3/p+1. The summed E-state index contributed by atoms with van der Waals surface area (Å²) in [6.45, 7) is 9.28. The first-order valence-corrected chi connectivity index (χ1v) is 15.6. The van der Waals surface area contributed by atoms with Crippen LogP contribution in [0.2, 0.25) is 0 Å². The maximum Gasteiger partial charge on any atom is 0.419 e. The average Bonchev–Trinajstić information content (AvgIpc) is 3.53. The first kappa shape index (κ1) is 36.7. The van der Waals surface area contributed by atoms with Gasteiger partial charge >= 0.3 is 6.18 Å². The van der Waals surface area contributed by atoms with Crippen LogP contribution in [0.1, 0.15) is 82.7 Å². The Balaban J connectivity index is 0.000000661. The minimum absolute atomic E-state index is 0.0510. The van der Waals surface area contributed by atoms with Gasteiger partial charge in [-0.1, -0.05) is 51.8 Å². The molecule has 12 heteroatoms. The lowest BCUT2D eigenvalue weighted by Gasteiger charge is -2.19. The third-order valence-corrected chi connectivity index (χ3v) is 7.05. The maximum atomic E-state index is 13.8. The minimum Gasteiger partial charge on any atom is -0.493 e. The molecule has 0 aliphatic carbocycles. The van der Waals surface area contributed by atoms with Crippen molar-refractivity contribution in [1.29, 1.82) is 0 Å². The number of hydrogen-bond donors (Lipinski definition) is 2. The van der Waals surface area contributed by atoms with Crippen LogP contribution >= 0.6 is 11.6 Å². The fourth-order valence-corrected chi connectivity index (χ4v) is 4.14. The summed E-state index contributed by atoms with van der Waals surface area (Å²) in [7, 11) is 0. The zero-order valence-corrected chi connectivity index (χ0v) is 26.9. The van der Waals surface area contributed by atoms with Crippen LogP contribution < -0.4 is 25.4 Å². The van der Waals surface area contributed by atoms with Crippen molar-refractivity contribution in [3.8, 4) is 28.6 Å². The highest BCUT2D eigenvalue weighted by molar-refractivity contribution is 6.15. The molecular weight excluding hydrogens is 597 g/mol. The van der Waals surface area contributed by atoms with E-state index in [4.69, 9.17) is 29.9 Å². The van der Waals surface area contributed by atoms with Crippen LogP contribution in [0.3, 0.4) is 0 Å². The van der Waals surface area contributed by atoms with Crippen molar-refractivity contribution in [1.82, 2.24) is 10.1 Å². The molecule has 3 aromatic rings.